The van der Waals surface area contributed by atoms with E-state index in [1.54, 1.807) is 0 Å². The summed E-state index contributed by atoms with van der Waals surface area (Å²) in [4.78, 5) is 0. The Hall–Kier alpha value is 0. The Morgan fingerprint density at radius 2 is 1.64 bits per heavy atom. The summed E-state index contributed by atoms with van der Waals surface area (Å²) < 4.78 is 0. The molecule has 1 rings (SSSR count). The molecule has 0 aliphatic heterocycles. The van der Waals surface area contributed by atoms with Gasteiger partial charge in [0.05, 0.1) is 0 Å². The molecule has 0 heteroatoms. The lowest BCUT2D eigenvalue weighted by Crippen LogP contribution is -1.89. The Morgan fingerprint density at radius 1 is 1.09 bits per heavy atom. The summed E-state index contributed by atoms with van der Waals surface area (Å²) in [6, 6.07) is 0. The molecule has 0 heterocycles. The maximum absolute atomic E-state index is 2.33. The zero-order valence-corrected chi connectivity index (χ0v) is 8.53. The van der Waals surface area contributed by atoms with Crippen LogP contribution in [0.1, 0.15) is 65.7 Å². The van der Waals surface area contributed by atoms with Crippen LogP contribution in [0, 0.1) is 5.92 Å². The third-order valence-electron chi connectivity index (χ3n) is 2.10. The number of hydrogen-bond donors (Lipinski definition) is 0. The second-order valence-corrected chi connectivity index (χ2v) is 3.72. The van der Waals surface area contributed by atoms with Gasteiger partial charge in [0.2, 0.25) is 0 Å². The molecular formula is C11H24. The van der Waals surface area contributed by atoms with Crippen LogP contribution in [-0.2, 0) is 0 Å². The van der Waals surface area contributed by atoms with Gasteiger partial charge in [0.25, 0.3) is 0 Å². The van der Waals surface area contributed by atoms with E-state index in [2.05, 4.69) is 20.8 Å². The van der Waals surface area contributed by atoms with Crippen molar-refractivity contribution in [2.45, 2.75) is 65.7 Å². The molecule has 68 valence electrons. The second kappa shape index (κ2) is 8.10. The smallest absolute Gasteiger partial charge is 0.0445 e. The minimum Gasteiger partial charge on any atom is -0.0654 e. The van der Waals surface area contributed by atoms with E-state index in [1.165, 1.54) is 44.9 Å². The molecule has 0 saturated heterocycles. The maximum Gasteiger partial charge on any atom is -0.0445 e. The van der Waals surface area contributed by atoms with E-state index in [4.69, 9.17) is 0 Å². The molecule has 0 aromatic heterocycles. The van der Waals surface area contributed by atoms with Crippen molar-refractivity contribution in [3.05, 3.63) is 0 Å². The summed E-state index contributed by atoms with van der Waals surface area (Å²) in [5.41, 5.74) is 0. The topological polar surface area (TPSA) is 0 Å². The van der Waals surface area contributed by atoms with Crippen molar-refractivity contribution in [1.29, 1.82) is 0 Å². The molecule has 1 aliphatic rings. The Kier molecular flexibility index (Phi) is 8.10. The molecule has 0 amide bonds. The maximum atomic E-state index is 2.33. The van der Waals surface area contributed by atoms with Gasteiger partial charge in [-0.1, -0.05) is 65.7 Å². The lowest BCUT2D eigenvalue weighted by Gasteiger charge is -2.04. The monoisotopic (exact) mass is 156 g/mol. The van der Waals surface area contributed by atoms with Crippen molar-refractivity contribution in [3.63, 3.8) is 0 Å². The van der Waals surface area contributed by atoms with Crippen molar-refractivity contribution in [3.8, 4) is 0 Å². The highest BCUT2D eigenvalue weighted by Crippen LogP contribution is 2.14. The highest BCUT2D eigenvalue weighted by atomic mass is 14.0. The predicted octanol–water partition coefficient (Wildman–Crippen LogP) is 4.39. The fourth-order valence-electron chi connectivity index (χ4n) is 0.757. The first kappa shape index (κ1) is 11.0. The van der Waals surface area contributed by atoms with Gasteiger partial charge in [-0.05, 0) is 5.92 Å². The van der Waals surface area contributed by atoms with Gasteiger partial charge in [0.15, 0.2) is 0 Å². The van der Waals surface area contributed by atoms with Crippen molar-refractivity contribution >= 4 is 0 Å². The molecule has 0 spiro atoms. The summed E-state index contributed by atoms with van der Waals surface area (Å²) in [5.74, 6) is 0.954. The Labute approximate surface area is 72.4 Å². The first-order valence-corrected chi connectivity index (χ1v) is 5.31. The van der Waals surface area contributed by atoms with Gasteiger partial charge in [-0.3, -0.25) is 0 Å². The second-order valence-electron chi connectivity index (χ2n) is 3.72. The minimum atomic E-state index is 0.954. The van der Waals surface area contributed by atoms with Crippen molar-refractivity contribution in [2.75, 3.05) is 0 Å². The van der Waals surface area contributed by atoms with E-state index < -0.39 is 0 Å². The normalized spacial score (nSPS) is 16.6. The minimum absolute atomic E-state index is 0.954. The highest BCUT2D eigenvalue weighted by Gasteiger charge is 1.95. The predicted molar refractivity (Wildman–Crippen MR) is 52.8 cm³/mol. The molecule has 0 bridgehead atoms. The van der Waals surface area contributed by atoms with E-state index in [1.807, 2.05) is 0 Å². The van der Waals surface area contributed by atoms with Crippen LogP contribution in [0.3, 0.4) is 0 Å². The van der Waals surface area contributed by atoms with Gasteiger partial charge in [0, 0.05) is 0 Å². The van der Waals surface area contributed by atoms with Crippen LogP contribution in [0.4, 0.5) is 0 Å². The van der Waals surface area contributed by atoms with Crippen LogP contribution in [0.15, 0.2) is 0 Å². The van der Waals surface area contributed by atoms with E-state index in [0.717, 1.165) is 5.92 Å². The highest BCUT2D eigenvalue weighted by molar-refractivity contribution is 4.50. The van der Waals surface area contributed by atoms with Gasteiger partial charge in [-0.2, -0.15) is 0 Å². The zero-order chi connectivity index (χ0) is 8.53. The SMILES string of the molecule is C1CC1.CCCCC(C)CC. The summed E-state index contributed by atoms with van der Waals surface area (Å²) in [6.07, 6.45) is 10.0. The van der Waals surface area contributed by atoms with Crippen LogP contribution in [0.5, 0.6) is 0 Å². The molecular weight excluding hydrogens is 132 g/mol. The largest absolute Gasteiger partial charge is 0.0654 e. The fraction of sp³-hybridized carbons (Fsp3) is 1.00. The third-order valence-corrected chi connectivity index (χ3v) is 2.10. The number of unbranched alkanes of at least 4 members (excludes halogenated alkanes) is 1. The molecule has 0 aromatic carbocycles. The molecule has 0 nitrogen and oxygen atoms in total. The summed E-state index contributed by atoms with van der Waals surface area (Å²) in [6.45, 7) is 6.85. The Bertz CT molecular complexity index is 61.7. The summed E-state index contributed by atoms with van der Waals surface area (Å²) in [5, 5.41) is 0. The summed E-state index contributed by atoms with van der Waals surface area (Å²) in [7, 11) is 0. The fourth-order valence-corrected chi connectivity index (χ4v) is 0.757. The van der Waals surface area contributed by atoms with Crippen molar-refractivity contribution in [1.82, 2.24) is 0 Å². The van der Waals surface area contributed by atoms with Gasteiger partial charge in [-0.25, -0.2) is 0 Å². The molecule has 11 heavy (non-hydrogen) atoms. The van der Waals surface area contributed by atoms with Crippen LogP contribution in [-0.4, -0.2) is 0 Å². The molecule has 1 fully saturated rings. The van der Waals surface area contributed by atoms with Crippen LogP contribution in [0.25, 0.3) is 0 Å². The third kappa shape index (κ3) is 13.1. The van der Waals surface area contributed by atoms with E-state index in [0.29, 0.717) is 0 Å². The first-order valence-electron chi connectivity index (χ1n) is 5.31. The standard InChI is InChI=1S/C8H18.C3H6/c1-4-6-7-8(3)5-2;1-2-3-1/h8H,4-7H2,1-3H3;1-3H2. The molecule has 0 N–H and O–H groups in total. The lowest BCUT2D eigenvalue weighted by atomic mass is 10.0. The van der Waals surface area contributed by atoms with Crippen LogP contribution >= 0.6 is 0 Å². The zero-order valence-electron chi connectivity index (χ0n) is 8.53. The van der Waals surface area contributed by atoms with Crippen molar-refractivity contribution < 1.29 is 0 Å². The molecule has 1 aliphatic carbocycles. The van der Waals surface area contributed by atoms with Gasteiger partial charge in [-0.15, -0.1) is 0 Å². The number of rotatable bonds is 4. The van der Waals surface area contributed by atoms with E-state index >= 15 is 0 Å². The van der Waals surface area contributed by atoms with Crippen molar-refractivity contribution in [2.24, 2.45) is 5.92 Å². The van der Waals surface area contributed by atoms with E-state index in [-0.39, 0.29) is 0 Å². The van der Waals surface area contributed by atoms with Crippen LogP contribution < -0.4 is 0 Å². The lowest BCUT2D eigenvalue weighted by molar-refractivity contribution is 0.492. The van der Waals surface area contributed by atoms with Gasteiger partial charge >= 0.3 is 0 Å². The molecule has 0 aromatic rings. The first-order chi connectivity index (χ1) is 5.31. The Balaban J connectivity index is 0.000000271. The Morgan fingerprint density at radius 3 is 1.91 bits per heavy atom. The molecule has 1 saturated carbocycles. The molecule has 1 unspecified atom stereocenters. The van der Waals surface area contributed by atoms with Gasteiger partial charge < -0.3 is 0 Å². The average molecular weight is 156 g/mol. The molecule has 0 radical (unpaired) electrons. The summed E-state index contributed by atoms with van der Waals surface area (Å²) >= 11 is 0. The average Bonchev–Trinajstić information content (AvgIpc) is 2.85. The number of hydrogen-bond acceptors (Lipinski definition) is 0. The molecule has 1 atom stereocenters. The quantitative estimate of drug-likeness (QED) is 0.566. The van der Waals surface area contributed by atoms with Gasteiger partial charge in [0.1, 0.15) is 0 Å². The van der Waals surface area contributed by atoms with E-state index in [9.17, 15) is 0 Å². The van der Waals surface area contributed by atoms with Crippen LogP contribution in [0.2, 0.25) is 0 Å².